The third kappa shape index (κ3) is 6.58. The molecule has 2 heterocycles. The highest BCUT2D eigenvalue weighted by atomic mass is 16.6. The number of hydrogen-bond donors (Lipinski definition) is 1. The second-order valence-corrected chi connectivity index (χ2v) is 8.04. The lowest BCUT2D eigenvalue weighted by atomic mass is 10.2. The SMILES string of the molecule is Cc1nn(C)c(C)c1C(=O)NCCCN(Cc1cccnc1)C(=O)OC(C)(C)C. The van der Waals surface area contributed by atoms with Gasteiger partial charge in [-0.15, -0.1) is 0 Å². The van der Waals surface area contributed by atoms with Crippen LogP contribution in [0.25, 0.3) is 0 Å². The molecule has 0 spiro atoms. The van der Waals surface area contributed by atoms with E-state index in [1.54, 1.807) is 22.0 Å². The van der Waals surface area contributed by atoms with Gasteiger partial charge in [-0.2, -0.15) is 5.10 Å². The van der Waals surface area contributed by atoms with Gasteiger partial charge in [0.15, 0.2) is 0 Å². The third-order valence-electron chi connectivity index (χ3n) is 4.37. The summed E-state index contributed by atoms with van der Waals surface area (Å²) in [6.45, 7) is 10.5. The summed E-state index contributed by atoms with van der Waals surface area (Å²) in [5.41, 5.74) is 2.48. The highest BCUT2D eigenvalue weighted by Crippen LogP contribution is 2.13. The number of aryl methyl sites for hydroxylation is 2. The van der Waals surface area contributed by atoms with E-state index in [0.717, 1.165) is 11.3 Å². The summed E-state index contributed by atoms with van der Waals surface area (Å²) in [6, 6.07) is 3.75. The molecule has 2 aromatic heterocycles. The van der Waals surface area contributed by atoms with E-state index in [0.29, 0.717) is 37.3 Å². The van der Waals surface area contributed by atoms with Crippen molar-refractivity contribution in [3.63, 3.8) is 0 Å². The quantitative estimate of drug-likeness (QED) is 0.721. The van der Waals surface area contributed by atoms with Gasteiger partial charge >= 0.3 is 6.09 Å². The molecule has 2 aromatic rings. The summed E-state index contributed by atoms with van der Waals surface area (Å²) in [5.74, 6) is -0.149. The smallest absolute Gasteiger partial charge is 0.410 e. The van der Waals surface area contributed by atoms with Crippen LogP contribution < -0.4 is 5.32 Å². The van der Waals surface area contributed by atoms with Gasteiger partial charge in [0.1, 0.15) is 5.60 Å². The van der Waals surface area contributed by atoms with Crippen LogP contribution in [0.1, 0.15) is 54.5 Å². The fourth-order valence-corrected chi connectivity index (χ4v) is 2.94. The first-order valence-corrected chi connectivity index (χ1v) is 9.73. The van der Waals surface area contributed by atoms with Crippen LogP contribution in [0, 0.1) is 13.8 Å². The van der Waals surface area contributed by atoms with E-state index < -0.39 is 5.60 Å². The molecule has 2 rings (SSSR count). The number of carbonyl (C=O) groups is 2. The number of aromatic nitrogens is 3. The molecule has 8 nitrogen and oxygen atoms in total. The number of hydrogen-bond acceptors (Lipinski definition) is 5. The van der Waals surface area contributed by atoms with Crippen LogP contribution >= 0.6 is 0 Å². The molecule has 0 aliphatic rings. The Hall–Kier alpha value is -2.90. The van der Waals surface area contributed by atoms with Gasteiger partial charge in [-0.05, 0) is 52.7 Å². The van der Waals surface area contributed by atoms with E-state index in [1.807, 2.05) is 53.8 Å². The van der Waals surface area contributed by atoms with Crippen molar-refractivity contribution < 1.29 is 14.3 Å². The van der Waals surface area contributed by atoms with Crippen molar-refractivity contribution in [2.24, 2.45) is 7.05 Å². The molecular weight excluding hydrogens is 370 g/mol. The molecule has 0 aliphatic heterocycles. The molecule has 0 atom stereocenters. The van der Waals surface area contributed by atoms with Crippen molar-refractivity contribution in [3.05, 3.63) is 47.0 Å². The van der Waals surface area contributed by atoms with Crippen LogP contribution in [0.4, 0.5) is 4.79 Å². The van der Waals surface area contributed by atoms with Crippen LogP contribution in [0.5, 0.6) is 0 Å². The second-order valence-electron chi connectivity index (χ2n) is 8.04. The van der Waals surface area contributed by atoms with Gasteiger partial charge in [-0.25, -0.2) is 4.79 Å². The molecule has 0 saturated carbocycles. The van der Waals surface area contributed by atoms with E-state index in [4.69, 9.17) is 4.74 Å². The molecule has 8 heteroatoms. The Bertz CT molecular complexity index is 840. The topological polar surface area (TPSA) is 89.4 Å². The maximum atomic E-state index is 12.6. The third-order valence-corrected chi connectivity index (χ3v) is 4.37. The van der Waals surface area contributed by atoms with E-state index in [9.17, 15) is 9.59 Å². The molecule has 1 N–H and O–H groups in total. The zero-order valence-corrected chi connectivity index (χ0v) is 18.2. The maximum Gasteiger partial charge on any atom is 0.410 e. The lowest BCUT2D eigenvalue weighted by Gasteiger charge is -2.27. The van der Waals surface area contributed by atoms with Crippen LogP contribution in [0.2, 0.25) is 0 Å². The Morgan fingerprint density at radius 2 is 2.00 bits per heavy atom. The average Bonchev–Trinajstić information content (AvgIpc) is 2.88. The predicted octanol–water partition coefficient (Wildman–Crippen LogP) is 2.99. The molecular formula is C21H31N5O3. The zero-order chi connectivity index (χ0) is 21.6. The van der Waals surface area contributed by atoms with Crippen molar-refractivity contribution in [2.75, 3.05) is 13.1 Å². The van der Waals surface area contributed by atoms with Crippen molar-refractivity contribution in [1.29, 1.82) is 0 Å². The summed E-state index contributed by atoms with van der Waals surface area (Å²) in [7, 11) is 1.82. The molecule has 2 amide bonds. The Kier molecular flexibility index (Phi) is 7.36. The summed E-state index contributed by atoms with van der Waals surface area (Å²) in [4.78, 5) is 30.8. The first-order chi connectivity index (χ1) is 13.6. The number of ether oxygens (including phenoxy) is 1. The Labute approximate surface area is 172 Å². The number of carbonyl (C=O) groups excluding carboxylic acids is 2. The fraction of sp³-hybridized carbons (Fsp3) is 0.524. The van der Waals surface area contributed by atoms with Crippen LogP contribution in [-0.4, -0.2) is 50.4 Å². The molecule has 0 bridgehead atoms. The van der Waals surface area contributed by atoms with E-state index in [2.05, 4.69) is 15.4 Å². The molecule has 0 aliphatic carbocycles. The average molecular weight is 402 g/mol. The molecule has 29 heavy (non-hydrogen) atoms. The van der Waals surface area contributed by atoms with Gasteiger partial charge in [0, 0.05) is 38.2 Å². The molecule has 0 fully saturated rings. The monoisotopic (exact) mass is 401 g/mol. The summed E-state index contributed by atoms with van der Waals surface area (Å²) >= 11 is 0. The normalized spacial score (nSPS) is 11.2. The van der Waals surface area contributed by atoms with Crippen LogP contribution in [0.3, 0.4) is 0 Å². The molecule has 0 unspecified atom stereocenters. The maximum absolute atomic E-state index is 12.6. The molecule has 0 radical (unpaired) electrons. The van der Waals surface area contributed by atoms with Crippen LogP contribution in [0.15, 0.2) is 24.5 Å². The highest BCUT2D eigenvalue weighted by molar-refractivity contribution is 5.96. The Balaban J connectivity index is 1.94. The van der Waals surface area contributed by atoms with Gasteiger partial charge in [0.2, 0.25) is 0 Å². The summed E-state index contributed by atoms with van der Waals surface area (Å²) < 4.78 is 7.22. The minimum atomic E-state index is -0.576. The lowest BCUT2D eigenvalue weighted by Crippen LogP contribution is -2.38. The number of nitrogens with zero attached hydrogens (tertiary/aromatic N) is 4. The Morgan fingerprint density at radius 1 is 1.28 bits per heavy atom. The summed E-state index contributed by atoms with van der Waals surface area (Å²) in [5, 5.41) is 7.19. The minimum Gasteiger partial charge on any atom is -0.444 e. The number of nitrogens with one attached hydrogen (secondary N) is 1. The van der Waals surface area contributed by atoms with Gasteiger partial charge in [-0.3, -0.25) is 14.5 Å². The van der Waals surface area contributed by atoms with Gasteiger partial charge < -0.3 is 15.0 Å². The van der Waals surface area contributed by atoms with Crippen LogP contribution in [-0.2, 0) is 18.3 Å². The zero-order valence-electron chi connectivity index (χ0n) is 18.2. The van der Waals surface area contributed by atoms with E-state index in [-0.39, 0.29) is 12.0 Å². The predicted molar refractivity (Wildman–Crippen MR) is 111 cm³/mol. The molecule has 0 aromatic carbocycles. The van der Waals surface area contributed by atoms with E-state index >= 15 is 0 Å². The van der Waals surface area contributed by atoms with Crippen molar-refractivity contribution in [3.8, 4) is 0 Å². The highest BCUT2D eigenvalue weighted by Gasteiger charge is 2.22. The first kappa shape index (κ1) is 22.4. The van der Waals surface area contributed by atoms with Crippen molar-refractivity contribution >= 4 is 12.0 Å². The largest absolute Gasteiger partial charge is 0.444 e. The summed E-state index contributed by atoms with van der Waals surface area (Å²) in [6.07, 6.45) is 3.64. The lowest BCUT2D eigenvalue weighted by molar-refractivity contribution is 0.0232. The van der Waals surface area contributed by atoms with Gasteiger partial charge in [0.05, 0.1) is 17.8 Å². The first-order valence-electron chi connectivity index (χ1n) is 9.73. The molecule has 158 valence electrons. The standard InChI is InChI=1S/C21H31N5O3/c1-15-18(16(2)25(6)24-15)19(27)23-11-8-12-26(20(28)29-21(3,4)5)14-17-9-7-10-22-13-17/h7,9-10,13H,8,11-12,14H2,1-6H3,(H,23,27). The van der Waals surface area contributed by atoms with Crippen molar-refractivity contribution in [2.45, 2.75) is 53.2 Å². The van der Waals surface area contributed by atoms with E-state index in [1.165, 1.54) is 0 Å². The fourth-order valence-electron chi connectivity index (χ4n) is 2.94. The Morgan fingerprint density at radius 3 is 2.55 bits per heavy atom. The number of rotatable bonds is 7. The molecule has 0 saturated heterocycles. The minimum absolute atomic E-state index is 0.149. The van der Waals surface area contributed by atoms with Gasteiger partial charge in [-0.1, -0.05) is 6.07 Å². The second kappa shape index (κ2) is 9.54. The van der Waals surface area contributed by atoms with Crippen molar-refractivity contribution in [1.82, 2.24) is 25.0 Å². The number of amides is 2. The van der Waals surface area contributed by atoms with Gasteiger partial charge in [0.25, 0.3) is 5.91 Å². The number of pyridine rings is 1.